The molecule has 4 heteroatoms. The van der Waals surface area contributed by atoms with E-state index in [2.05, 4.69) is 5.32 Å². The molecule has 1 nitrogen and oxygen atoms in total. The number of nitrogens with one attached hydrogen (secondary N) is 1. The first-order valence-corrected chi connectivity index (χ1v) is 6.42. The number of hydrogen-bond acceptors (Lipinski definition) is 1. The summed E-state index contributed by atoms with van der Waals surface area (Å²) in [6, 6.07) is 4.45. The molecule has 1 fully saturated rings. The maximum absolute atomic E-state index is 13.4. The van der Waals surface area contributed by atoms with Crippen molar-refractivity contribution in [2.24, 2.45) is 0 Å². The summed E-state index contributed by atoms with van der Waals surface area (Å²) < 4.78 is 26.4. The van der Waals surface area contributed by atoms with Gasteiger partial charge in [-0.05, 0) is 18.9 Å². The third-order valence-electron chi connectivity index (χ3n) is 3.27. The predicted molar refractivity (Wildman–Crippen MR) is 65.1 cm³/mol. The Morgan fingerprint density at radius 2 is 2.00 bits per heavy atom. The molecule has 2 unspecified atom stereocenters. The highest BCUT2D eigenvalue weighted by molar-refractivity contribution is 6.21. The van der Waals surface area contributed by atoms with Crippen molar-refractivity contribution in [2.45, 2.75) is 43.6 Å². The predicted octanol–water partition coefficient (Wildman–Crippen LogP) is 3.60. The highest BCUT2D eigenvalue weighted by Gasteiger charge is 2.22. The molecule has 0 radical (unpaired) electrons. The molecule has 1 aliphatic rings. The van der Waals surface area contributed by atoms with Gasteiger partial charge in [0.2, 0.25) is 0 Å². The van der Waals surface area contributed by atoms with Gasteiger partial charge < -0.3 is 5.32 Å². The average molecular weight is 260 g/mol. The third-order valence-corrected chi connectivity index (χ3v) is 3.79. The van der Waals surface area contributed by atoms with Gasteiger partial charge in [-0.25, -0.2) is 8.78 Å². The first-order valence-electron chi connectivity index (χ1n) is 5.99. The molecule has 0 spiro atoms. The van der Waals surface area contributed by atoms with Gasteiger partial charge >= 0.3 is 0 Å². The van der Waals surface area contributed by atoms with Gasteiger partial charge in [-0.3, -0.25) is 0 Å². The summed E-state index contributed by atoms with van der Waals surface area (Å²) in [5.74, 6) is -1.56. The molecule has 94 valence electrons. The summed E-state index contributed by atoms with van der Waals surface area (Å²) in [6.45, 7) is 0.331. The van der Waals surface area contributed by atoms with Crippen molar-refractivity contribution in [3.63, 3.8) is 0 Å². The summed E-state index contributed by atoms with van der Waals surface area (Å²) >= 11 is 6.19. The number of alkyl halides is 1. The van der Waals surface area contributed by atoms with Crippen LogP contribution in [0.4, 0.5) is 8.78 Å². The van der Waals surface area contributed by atoms with Crippen LogP contribution in [0.5, 0.6) is 0 Å². The molecule has 0 aromatic heterocycles. The van der Waals surface area contributed by atoms with Crippen LogP contribution in [0, 0.1) is 11.6 Å². The van der Waals surface area contributed by atoms with Gasteiger partial charge in [-0.15, -0.1) is 11.6 Å². The van der Waals surface area contributed by atoms with Crippen molar-refractivity contribution in [3.8, 4) is 0 Å². The van der Waals surface area contributed by atoms with E-state index in [1.807, 2.05) is 0 Å². The number of rotatable bonds is 3. The molecule has 2 atom stereocenters. The zero-order valence-electron chi connectivity index (χ0n) is 9.56. The first-order chi connectivity index (χ1) is 8.18. The van der Waals surface area contributed by atoms with Crippen molar-refractivity contribution in [1.82, 2.24) is 5.32 Å². The highest BCUT2D eigenvalue weighted by atomic mass is 35.5. The number of halogens is 3. The van der Waals surface area contributed by atoms with Gasteiger partial charge in [0.15, 0.2) is 11.6 Å². The highest BCUT2D eigenvalue weighted by Crippen LogP contribution is 2.23. The van der Waals surface area contributed by atoms with Crippen molar-refractivity contribution < 1.29 is 8.78 Å². The van der Waals surface area contributed by atoms with E-state index >= 15 is 0 Å². The van der Waals surface area contributed by atoms with Crippen LogP contribution in [0.1, 0.15) is 31.2 Å². The lowest BCUT2D eigenvalue weighted by molar-refractivity contribution is 0.374. The smallest absolute Gasteiger partial charge is 0.163 e. The lowest BCUT2D eigenvalue weighted by Gasteiger charge is -2.28. The van der Waals surface area contributed by atoms with E-state index in [0.717, 1.165) is 31.7 Å². The lowest BCUT2D eigenvalue weighted by Crippen LogP contribution is -2.39. The maximum atomic E-state index is 13.4. The minimum atomic E-state index is -0.796. The molecule has 1 saturated carbocycles. The normalized spacial score (nSPS) is 24.9. The molecular formula is C13H16ClF2N. The summed E-state index contributed by atoms with van der Waals surface area (Å²) in [7, 11) is 0. The van der Waals surface area contributed by atoms with Crippen molar-refractivity contribution >= 4 is 11.6 Å². The van der Waals surface area contributed by atoms with Gasteiger partial charge in [0.05, 0.1) is 0 Å². The van der Waals surface area contributed by atoms with E-state index in [0.29, 0.717) is 12.1 Å². The molecule has 1 aromatic carbocycles. The van der Waals surface area contributed by atoms with Gasteiger partial charge in [-0.2, -0.15) is 0 Å². The Hall–Kier alpha value is -0.670. The fraction of sp³-hybridized carbons (Fsp3) is 0.538. The Morgan fingerprint density at radius 3 is 2.76 bits per heavy atom. The van der Waals surface area contributed by atoms with Crippen molar-refractivity contribution in [1.29, 1.82) is 0 Å². The molecule has 0 amide bonds. The summed E-state index contributed by atoms with van der Waals surface area (Å²) in [5, 5.41) is 3.31. The van der Waals surface area contributed by atoms with E-state index in [-0.39, 0.29) is 11.4 Å². The van der Waals surface area contributed by atoms with Gasteiger partial charge in [0.25, 0.3) is 0 Å². The molecule has 0 bridgehead atoms. The summed E-state index contributed by atoms with van der Waals surface area (Å²) in [6.07, 6.45) is 4.29. The SMILES string of the molecule is Fc1cccc(CNC2CCCCC2Cl)c1F. The monoisotopic (exact) mass is 259 g/mol. The third kappa shape index (κ3) is 3.17. The fourth-order valence-electron chi connectivity index (χ4n) is 2.24. The lowest BCUT2D eigenvalue weighted by atomic mass is 9.95. The van der Waals surface area contributed by atoms with Crippen LogP contribution >= 0.6 is 11.6 Å². The molecule has 0 aliphatic heterocycles. The molecule has 0 saturated heterocycles. The maximum Gasteiger partial charge on any atom is 0.163 e. The van der Waals surface area contributed by atoms with Crippen molar-refractivity contribution in [2.75, 3.05) is 0 Å². The second-order valence-corrected chi connectivity index (χ2v) is 5.06. The standard InChI is InChI=1S/C13H16ClF2N/c14-10-5-1-2-7-12(10)17-8-9-4-3-6-11(15)13(9)16/h3-4,6,10,12,17H,1-2,5,7-8H2. The van der Waals surface area contributed by atoms with E-state index in [9.17, 15) is 8.78 Å². The minimum absolute atomic E-state index is 0.0976. The number of benzene rings is 1. The van der Waals surface area contributed by atoms with Crippen LogP contribution in [-0.2, 0) is 6.54 Å². The Bertz CT molecular complexity index is 384. The van der Waals surface area contributed by atoms with E-state index in [1.165, 1.54) is 6.07 Å². The first kappa shape index (κ1) is 12.8. The van der Waals surface area contributed by atoms with Crippen LogP contribution in [0.15, 0.2) is 18.2 Å². The topological polar surface area (TPSA) is 12.0 Å². The molecule has 1 aromatic rings. The van der Waals surface area contributed by atoms with Crippen LogP contribution in [0.3, 0.4) is 0 Å². The fourth-order valence-corrected chi connectivity index (χ4v) is 2.61. The minimum Gasteiger partial charge on any atom is -0.308 e. The van der Waals surface area contributed by atoms with Crippen LogP contribution < -0.4 is 5.32 Å². The largest absolute Gasteiger partial charge is 0.308 e. The van der Waals surface area contributed by atoms with Gasteiger partial charge in [0, 0.05) is 23.5 Å². The van der Waals surface area contributed by atoms with Crippen LogP contribution in [0.2, 0.25) is 0 Å². The van der Waals surface area contributed by atoms with E-state index in [1.54, 1.807) is 6.07 Å². The summed E-state index contributed by atoms with van der Waals surface area (Å²) in [4.78, 5) is 0. The molecule has 2 rings (SSSR count). The molecule has 1 N–H and O–H groups in total. The second kappa shape index (κ2) is 5.78. The molecule has 1 aliphatic carbocycles. The van der Waals surface area contributed by atoms with Crippen LogP contribution in [0.25, 0.3) is 0 Å². The van der Waals surface area contributed by atoms with Crippen molar-refractivity contribution in [3.05, 3.63) is 35.4 Å². The summed E-state index contributed by atoms with van der Waals surface area (Å²) in [5.41, 5.74) is 0.361. The van der Waals surface area contributed by atoms with E-state index in [4.69, 9.17) is 11.6 Å². The Labute approximate surface area is 105 Å². The Morgan fingerprint density at radius 1 is 1.24 bits per heavy atom. The Kier molecular flexibility index (Phi) is 4.35. The number of hydrogen-bond donors (Lipinski definition) is 1. The van der Waals surface area contributed by atoms with E-state index < -0.39 is 11.6 Å². The quantitative estimate of drug-likeness (QED) is 0.818. The zero-order chi connectivity index (χ0) is 12.3. The average Bonchev–Trinajstić information content (AvgIpc) is 2.33. The second-order valence-electron chi connectivity index (χ2n) is 4.50. The van der Waals surface area contributed by atoms with Crippen LogP contribution in [-0.4, -0.2) is 11.4 Å². The van der Waals surface area contributed by atoms with Gasteiger partial charge in [0.1, 0.15) is 0 Å². The van der Waals surface area contributed by atoms with Gasteiger partial charge in [-0.1, -0.05) is 25.0 Å². The zero-order valence-corrected chi connectivity index (χ0v) is 10.3. The molecule has 17 heavy (non-hydrogen) atoms. The Balaban J connectivity index is 1.95. The molecular weight excluding hydrogens is 244 g/mol. The molecule has 0 heterocycles.